The van der Waals surface area contributed by atoms with E-state index in [1.165, 1.54) is 6.42 Å². The van der Waals surface area contributed by atoms with Crippen molar-refractivity contribution in [2.75, 3.05) is 19.6 Å². The lowest BCUT2D eigenvalue weighted by atomic mass is 9.85. The van der Waals surface area contributed by atoms with E-state index >= 15 is 0 Å². The van der Waals surface area contributed by atoms with Gasteiger partial charge in [0.05, 0.1) is 6.04 Å². The molecule has 4 rings (SSSR count). The van der Waals surface area contributed by atoms with E-state index in [0.29, 0.717) is 50.8 Å². The monoisotopic (exact) mass is 400 g/mol. The molecule has 156 valence electrons. The van der Waals surface area contributed by atoms with E-state index < -0.39 is 0 Å². The Bertz CT molecular complexity index is 829. The maximum absolute atomic E-state index is 12.5. The van der Waals surface area contributed by atoms with Crippen LogP contribution in [0.25, 0.3) is 0 Å². The normalized spacial score (nSPS) is 19.3. The van der Waals surface area contributed by atoms with Gasteiger partial charge in [0.1, 0.15) is 0 Å². The highest BCUT2D eigenvalue weighted by atomic mass is 16.5. The number of hydrogen-bond acceptors (Lipinski definition) is 6. The van der Waals surface area contributed by atoms with Gasteiger partial charge in [0.2, 0.25) is 17.7 Å². The van der Waals surface area contributed by atoms with Crippen molar-refractivity contribution in [1.29, 1.82) is 0 Å². The lowest BCUT2D eigenvalue weighted by Gasteiger charge is -2.27. The minimum absolute atomic E-state index is 0.0172. The van der Waals surface area contributed by atoms with Crippen molar-refractivity contribution in [1.82, 2.24) is 29.7 Å². The molecule has 1 aliphatic carbocycles. The fourth-order valence-corrected chi connectivity index (χ4v) is 4.03. The molecule has 29 heavy (non-hydrogen) atoms. The zero-order valence-corrected chi connectivity index (χ0v) is 16.9. The van der Waals surface area contributed by atoms with E-state index in [0.717, 1.165) is 25.2 Å². The van der Waals surface area contributed by atoms with Crippen molar-refractivity contribution in [3.8, 4) is 0 Å². The van der Waals surface area contributed by atoms with Crippen molar-refractivity contribution < 1.29 is 14.1 Å². The Morgan fingerprint density at radius 2 is 2.17 bits per heavy atom. The average Bonchev–Trinajstić information content (AvgIpc) is 3.40. The number of rotatable bonds is 8. The maximum atomic E-state index is 12.5. The molecule has 2 aliphatic rings. The van der Waals surface area contributed by atoms with E-state index in [1.54, 1.807) is 17.8 Å². The number of nitrogens with zero attached hydrogens (tertiary/aromatic N) is 6. The number of carbonyl (C=O) groups is 2. The zero-order valence-electron chi connectivity index (χ0n) is 16.9. The lowest BCUT2D eigenvalue weighted by Crippen LogP contribution is -2.42. The van der Waals surface area contributed by atoms with Crippen LogP contribution in [0.5, 0.6) is 0 Å². The van der Waals surface area contributed by atoms with Crippen LogP contribution in [0, 0.1) is 0 Å². The molecule has 2 amide bonds. The second-order valence-corrected chi connectivity index (χ2v) is 7.94. The standard InChI is InChI=1S/C20H28N6O3/c1-15(27)26(13-7-18-22-20(29-23-18)16-4-2-5-16)17-6-11-24(14-17)19(28)8-12-25-10-3-9-21-25/h3,9-10,16-17H,2,4-8,11-14H2,1H3. The molecule has 3 heterocycles. The first-order chi connectivity index (χ1) is 14.1. The van der Waals surface area contributed by atoms with Crippen LogP contribution in [-0.4, -0.2) is 67.2 Å². The van der Waals surface area contributed by atoms with Gasteiger partial charge in [-0.25, -0.2) is 0 Å². The van der Waals surface area contributed by atoms with Crippen LogP contribution in [0.15, 0.2) is 23.0 Å². The highest BCUT2D eigenvalue weighted by Gasteiger charge is 2.32. The molecular formula is C20H28N6O3. The van der Waals surface area contributed by atoms with Crippen LogP contribution in [-0.2, 0) is 22.6 Å². The van der Waals surface area contributed by atoms with Gasteiger partial charge in [0.15, 0.2) is 5.82 Å². The number of carbonyl (C=O) groups excluding carboxylic acids is 2. The summed E-state index contributed by atoms with van der Waals surface area (Å²) in [5, 5.41) is 8.20. The summed E-state index contributed by atoms with van der Waals surface area (Å²) in [6.07, 6.45) is 8.81. The van der Waals surface area contributed by atoms with Crippen LogP contribution in [0.2, 0.25) is 0 Å². The molecular weight excluding hydrogens is 372 g/mol. The van der Waals surface area contributed by atoms with Gasteiger partial charge in [0.25, 0.3) is 0 Å². The van der Waals surface area contributed by atoms with Crippen molar-refractivity contribution in [3.05, 3.63) is 30.2 Å². The molecule has 1 unspecified atom stereocenters. The first-order valence-corrected chi connectivity index (χ1v) is 10.4. The Hall–Kier alpha value is -2.71. The molecule has 9 nitrogen and oxygen atoms in total. The molecule has 1 saturated heterocycles. The third-order valence-electron chi connectivity index (χ3n) is 5.99. The number of hydrogen-bond donors (Lipinski definition) is 0. The Kier molecular flexibility index (Phi) is 5.92. The Morgan fingerprint density at radius 3 is 2.86 bits per heavy atom. The second-order valence-electron chi connectivity index (χ2n) is 7.94. The first kappa shape index (κ1) is 19.6. The predicted molar refractivity (Wildman–Crippen MR) is 104 cm³/mol. The van der Waals surface area contributed by atoms with Gasteiger partial charge in [0, 0.05) is 64.3 Å². The molecule has 2 aromatic rings. The first-order valence-electron chi connectivity index (χ1n) is 10.4. The summed E-state index contributed by atoms with van der Waals surface area (Å²) in [5.74, 6) is 1.92. The van der Waals surface area contributed by atoms with Crippen LogP contribution < -0.4 is 0 Å². The SMILES string of the molecule is CC(=O)N(CCc1noc(C2CCC2)n1)C1CCN(C(=O)CCn2cccn2)C1. The molecule has 1 atom stereocenters. The van der Waals surface area contributed by atoms with Crippen LogP contribution in [0.4, 0.5) is 0 Å². The number of aryl methyl sites for hydroxylation is 1. The minimum atomic E-state index is 0.0172. The summed E-state index contributed by atoms with van der Waals surface area (Å²) >= 11 is 0. The van der Waals surface area contributed by atoms with Crippen LogP contribution in [0.3, 0.4) is 0 Å². The summed E-state index contributed by atoms with van der Waals surface area (Å²) in [6.45, 7) is 3.96. The van der Waals surface area contributed by atoms with E-state index in [9.17, 15) is 9.59 Å². The molecule has 0 radical (unpaired) electrons. The van der Waals surface area contributed by atoms with Gasteiger partial charge < -0.3 is 14.3 Å². The molecule has 1 saturated carbocycles. The van der Waals surface area contributed by atoms with E-state index in [-0.39, 0.29) is 17.9 Å². The van der Waals surface area contributed by atoms with Gasteiger partial charge in [-0.3, -0.25) is 14.3 Å². The lowest BCUT2D eigenvalue weighted by molar-refractivity contribution is -0.133. The van der Waals surface area contributed by atoms with Crippen molar-refractivity contribution >= 4 is 11.8 Å². The fourth-order valence-electron chi connectivity index (χ4n) is 4.03. The fraction of sp³-hybridized carbons (Fsp3) is 0.650. The maximum Gasteiger partial charge on any atom is 0.229 e. The predicted octanol–water partition coefficient (Wildman–Crippen LogP) is 1.62. The van der Waals surface area contributed by atoms with Gasteiger partial charge in [-0.15, -0.1) is 0 Å². The largest absolute Gasteiger partial charge is 0.340 e. The molecule has 1 aliphatic heterocycles. The second kappa shape index (κ2) is 8.75. The molecule has 2 fully saturated rings. The molecule has 0 bridgehead atoms. The molecule has 0 spiro atoms. The van der Waals surface area contributed by atoms with E-state index in [4.69, 9.17) is 4.52 Å². The summed E-state index contributed by atoms with van der Waals surface area (Å²) in [4.78, 5) is 32.9. The Balaban J connectivity index is 1.27. The third kappa shape index (κ3) is 4.65. The topological polar surface area (TPSA) is 97.4 Å². The van der Waals surface area contributed by atoms with Gasteiger partial charge >= 0.3 is 0 Å². The number of likely N-dealkylation sites (tertiary alicyclic amines) is 1. The highest BCUT2D eigenvalue weighted by molar-refractivity contribution is 5.77. The summed E-state index contributed by atoms with van der Waals surface area (Å²) < 4.78 is 7.13. The molecule has 0 aromatic carbocycles. The summed E-state index contributed by atoms with van der Waals surface area (Å²) in [6, 6.07) is 1.89. The van der Waals surface area contributed by atoms with Gasteiger partial charge in [-0.2, -0.15) is 10.1 Å². The number of amides is 2. The van der Waals surface area contributed by atoms with Gasteiger partial charge in [-0.1, -0.05) is 11.6 Å². The Labute approximate surface area is 170 Å². The molecule has 2 aromatic heterocycles. The quantitative estimate of drug-likeness (QED) is 0.668. The average molecular weight is 400 g/mol. The van der Waals surface area contributed by atoms with Crippen LogP contribution >= 0.6 is 0 Å². The third-order valence-corrected chi connectivity index (χ3v) is 5.99. The van der Waals surface area contributed by atoms with Crippen molar-refractivity contribution in [3.63, 3.8) is 0 Å². The highest BCUT2D eigenvalue weighted by Crippen LogP contribution is 2.35. The smallest absolute Gasteiger partial charge is 0.229 e. The van der Waals surface area contributed by atoms with Crippen molar-refractivity contribution in [2.24, 2.45) is 0 Å². The van der Waals surface area contributed by atoms with Crippen molar-refractivity contribution in [2.45, 2.75) is 64.0 Å². The summed E-state index contributed by atoms with van der Waals surface area (Å²) in [5.41, 5.74) is 0. The Morgan fingerprint density at radius 1 is 1.31 bits per heavy atom. The summed E-state index contributed by atoms with van der Waals surface area (Å²) in [7, 11) is 0. The van der Waals surface area contributed by atoms with Gasteiger partial charge in [-0.05, 0) is 25.3 Å². The van der Waals surface area contributed by atoms with E-state index in [1.807, 2.05) is 22.1 Å². The molecule has 0 N–H and O–H groups in total. The zero-order chi connectivity index (χ0) is 20.2. The van der Waals surface area contributed by atoms with Crippen LogP contribution in [0.1, 0.15) is 56.7 Å². The molecule has 9 heteroatoms. The minimum Gasteiger partial charge on any atom is -0.340 e. The number of aromatic nitrogens is 4. The van der Waals surface area contributed by atoms with E-state index in [2.05, 4.69) is 15.2 Å².